The molecule has 0 aliphatic carbocycles. The second kappa shape index (κ2) is 15.7. The Balaban J connectivity index is 1.18. The first-order valence-electron chi connectivity index (χ1n) is 19.2. The molecule has 0 saturated carbocycles. The van der Waals surface area contributed by atoms with Gasteiger partial charge in [-0.1, -0.05) is 45.9 Å². The van der Waals surface area contributed by atoms with Gasteiger partial charge in [0.25, 0.3) is 0 Å². The summed E-state index contributed by atoms with van der Waals surface area (Å²) in [7, 11) is -6.96. The molecule has 0 radical (unpaired) electrons. The number of aromatic nitrogens is 5. The van der Waals surface area contributed by atoms with E-state index in [2.05, 4.69) is 43.7 Å². The van der Waals surface area contributed by atoms with Crippen molar-refractivity contribution in [2.45, 2.75) is 83.8 Å². The molecular formula is C39H51N9O5S3. The van der Waals surface area contributed by atoms with Crippen molar-refractivity contribution >= 4 is 80.3 Å². The first-order valence-corrected chi connectivity index (χ1v) is 23.8. The van der Waals surface area contributed by atoms with Crippen LogP contribution in [0.2, 0.25) is 0 Å². The Morgan fingerprint density at radius 1 is 0.911 bits per heavy atom. The first kappa shape index (κ1) is 40.2. The zero-order chi connectivity index (χ0) is 40.1. The van der Waals surface area contributed by atoms with Crippen LogP contribution < -0.4 is 15.2 Å². The van der Waals surface area contributed by atoms with Crippen molar-refractivity contribution in [1.82, 2.24) is 39.3 Å². The van der Waals surface area contributed by atoms with Crippen LogP contribution in [0.5, 0.6) is 0 Å². The Hall–Kier alpha value is -4.00. The fraction of sp³-hybridized carbons (Fsp3) is 0.487. The largest absolute Gasteiger partial charge is 0.341 e. The molecule has 3 aromatic heterocycles. The van der Waals surface area contributed by atoms with Crippen LogP contribution in [0.1, 0.15) is 83.4 Å². The number of hydrogen-bond donors (Lipinski definition) is 5. The summed E-state index contributed by atoms with van der Waals surface area (Å²) in [5.41, 5.74) is 11.1. The number of rotatable bonds is 15. The third kappa shape index (κ3) is 8.48. The van der Waals surface area contributed by atoms with Crippen LogP contribution in [0.4, 0.5) is 0 Å². The zero-order valence-electron chi connectivity index (χ0n) is 32.6. The van der Waals surface area contributed by atoms with Gasteiger partial charge in [-0.3, -0.25) is 4.79 Å². The molecule has 0 bridgehead atoms. The Kier molecular flexibility index (Phi) is 11.3. The van der Waals surface area contributed by atoms with E-state index in [1.807, 2.05) is 45.9 Å². The van der Waals surface area contributed by atoms with Gasteiger partial charge in [0.1, 0.15) is 22.7 Å². The number of thiazole rings is 1. The van der Waals surface area contributed by atoms with Gasteiger partial charge >= 0.3 is 0 Å². The molecule has 1 unspecified atom stereocenters. The number of imidazole rings is 2. The van der Waals surface area contributed by atoms with Gasteiger partial charge in [-0.2, -0.15) is 0 Å². The maximum atomic E-state index is 13.7. The molecule has 1 saturated heterocycles. The number of fused-ring (bicyclic) bond motifs is 6. The van der Waals surface area contributed by atoms with Gasteiger partial charge in [0, 0.05) is 29.5 Å². The van der Waals surface area contributed by atoms with Gasteiger partial charge in [-0.25, -0.2) is 41.2 Å². The molecule has 14 nitrogen and oxygen atoms in total. The summed E-state index contributed by atoms with van der Waals surface area (Å²) in [6, 6.07) is 12.9. The maximum Gasteiger partial charge on any atom is 0.241 e. The molecule has 6 N–H and O–H groups in total. The number of nitrogens with zero attached hydrogens (tertiary/aromatic N) is 4. The van der Waals surface area contributed by atoms with Gasteiger partial charge in [-0.15, -0.1) is 11.3 Å². The average Bonchev–Trinajstić information content (AvgIpc) is 3.94. The predicted octanol–water partition coefficient (Wildman–Crippen LogP) is 5.89. The second-order valence-electron chi connectivity index (χ2n) is 15.9. The van der Waals surface area contributed by atoms with E-state index in [1.54, 1.807) is 16.2 Å². The van der Waals surface area contributed by atoms with Crippen LogP contribution in [-0.4, -0.2) is 90.2 Å². The number of sulfonamides is 2. The minimum absolute atomic E-state index is 0.00410. The summed E-state index contributed by atoms with van der Waals surface area (Å²) in [5, 5.41) is 2.92. The highest BCUT2D eigenvalue weighted by Crippen LogP contribution is 2.39. The number of nitrogens with two attached hydrogens (primary N) is 1. The standard InChI is InChI=1S/C39H51N9O5S3/c1-21(2)30(46-55(5,50)51)20-24(9-7-17-40)36-41-27-14-12-23-19-25(11-13-26(23)33(27)44-36)38-43-29-16-15-28-34(35(29)54-38)45-37(42-28)31-10-8-18-48(31)39(49)32(22(3)4)47-56(6,52)53/h11-16,19,21-22,24,30-32,46-47H,7-10,17-18,20,40H2,1-6H3,(H,41,44)(H,42,45)/t24?,30-,31+,32+/m1/s1. The number of aromatic amines is 2. The molecule has 0 spiro atoms. The SMILES string of the molecule is CC(C)[C@H](NS(C)(=O)=O)C(=O)N1CCC[C@H]1c1nc2ccc3nc(-c4ccc5c(ccc6nc(C(CCCN)C[C@@H](NS(C)(=O)=O)C(C)C)[nH]c65)c4)sc3c2[nH]1. The second-order valence-corrected chi connectivity index (χ2v) is 20.4. The fourth-order valence-electron chi connectivity index (χ4n) is 7.88. The normalized spacial score (nSPS) is 17.3. The first-order chi connectivity index (χ1) is 26.5. The Bertz CT molecular complexity index is 2630. The van der Waals surface area contributed by atoms with Crippen LogP contribution >= 0.6 is 11.3 Å². The van der Waals surface area contributed by atoms with Gasteiger partial charge in [0.05, 0.1) is 50.8 Å². The van der Waals surface area contributed by atoms with Crippen molar-refractivity contribution in [3.8, 4) is 10.6 Å². The van der Waals surface area contributed by atoms with Crippen molar-refractivity contribution in [3.05, 3.63) is 54.1 Å². The van der Waals surface area contributed by atoms with Crippen molar-refractivity contribution in [2.24, 2.45) is 17.6 Å². The topological polar surface area (TPSA) is 209 Å². The molecular weight excluding hydrogens is 771 g/mol. The number of benzene rings is 3. The van der Waals surface area contributed by atoms with Crippen molar-refractivity contribution in [2.75, 3.05) is 25.6 Å². The molecule has 7 rings (SSSR count). The minimum atomic E-state index is -3.58. The highest BCUT2D eigenvalue weighted by atomic mass is 32.2. The molecule has 1 aliphatic heterocycles. The molecule has 3 aromatic carbocycles. The van der Waals surface area contributed by atoms with Crippen LogP contribution in [0.3, 0.4) is 0 Å². The van der Waals surface area contributed by atoms with Crippen molar-refractivity contribution in [3.63, 3.8) is 0 Å². The van der Waals surface area contributed by atoms with Gasteiger partial charge in [0.2, 0.25) is 26.0 Å². The molecule has 1 fully saturated rings. The number of amides is 1. The van der Waals surface area contributed by atoms with E-state index < -0.39 is 26.1 Å². The van der Waals surface area contributed by atoms with Crippen LogP contribution in [0, 0.1) is 11.8 Å². The van der Waals surface area contributed by atoms with Gasteiger partial charge < -0.3 is 20.6 Å². The minimum Gasteiger partial charge on any atom is -0.341 e. The lowest BCUT2D eigenvalue weighted by molar-refractivity contribution is -0.135. The predicted molar refractivity (Wildman–Crippen MR) is 224 cm³/mol. The average molecular weight is 822 g/mol. The maximum absolute atomic E-state index is 13.7. The number of hydrogen-bond acceptors (Lipinski definition) is 10. The Labute approximate surface area is 331 Å². The van der Waals surface area contributed by atoms with Crippen LogP contribution in [-0.2, 0) is 24.8 Å². The summed E-state index contributed by atoms with van der Waals surface area (Å²) in [6.07, 6.45) is 5.98. The van der Waals surface area contributed by atoms with E-state index in [4.69, 9.17) is 20.7 Å². The smallest absolute Gasteiger partial charge is 0.241 e. The summed E-state index contributed by atoms with van der Waals surface area (Å²) in [4.78, 5) is 37.5. The lowest BCUT2D eigenvalue weighted by Crippen LogP contribution is -2.50. The molecule has 6 aromatic rings. The number of likely N-dealkylation sites (tertiary alicyclic amines) is 1. The lowest BCUT2D eigenvalue weighted by Gasteiger charge is -2.29. The molecule has 300 valence electrons. The van der Waals surface area contributed by atoms with Crippen LogP contribution in [0.15, 0.2) is 42.5 Å². The van der Waals surface area contributed by atoms with Crippen LogP contribution in [0.25, 0.3) is 53.6 Å². The van der Waals surface area contributed by atoms with E-state index in [-0.39, 0.29) is 35.7 Å². The highest BCUT2D eigenvalue weighted by Gasteiger charge is 2.38. The Morgan fingerprint density at radius 3 is 2.32 bits per heavy atom. The monoisotopic (exact) mass is 821 g/mol. The molecule has 4 atom stereocenters. The molecule has 17 heteroatoms. The number of H-pyrrole nitrogens is 2. The highest BCUT2D eigenvalue weighted by molar-refractivity contribution is 7.89. The summed E-state index contributed by atoms with van der Waals surface area (Å²) in [6.45, 7) is 8.79. The fourth-order valence-corrected chi connectivity index (χ4v) is 10.7. The molecule has 1 amide bonds. The molecule has 56 heavy (non-hydrogen) atoms. The summed E-state index contributed by atoms with van der Waals surface area (Å²) >= 11 is 1.58. The van der Waals surface area contributed by atoms with Crippen molar-refractivity contribution < 1.29 is 21.6 Å². The van der Waals surface area contributed by atoms with Crippen molar-refractivity contribution in [1.29, 1.82) is 0 Å². The number of carbonyl (C=O) groups excluding carboxylic acids is 1. The summed E-state index contributed by atoms with van der Waals surface area (Å²) in [5.74, 6) is 1.15. The number of carbonyl (C=O) groups is 1. The molecule has 1 aliphatic rings. The van der Waals surface area contributed by atoms with E-state index in [1.165, 1.54) is 6.26 Å². The van der Waals surface area contributed by atoms with Gasteiger partial charge in [0.15, 0.2) is 0 Å². The lowest BCUT2D eigenvalue weighted by atomic mass is 9.89. The summed E-state index contributed by atoms with van der Waals surface area (Å²) < 4.78 is 54.8. The van der Waals surface area contributed by atoms with Gasteiger partial charge in [-0.05, 0) is 80.1 Å². The quantitative estimate of drug-likeness (QED) is 0.0835. The third-order valence-electron chi connectivity index (χ3n) is 10.7. The van der Waals surface area contributed by atoms with E-state index in [0.717, 1.165) is 91.4 Å². The van der Waals surface area contributed by atoms with E-state index in [0.29, 0.717) is 25.3 Å². The third-order valence-corrected chi connectivity index (χ3v) is 13.3. The van der Waals surface area contributed by atoms with E-state index in [9.17, 15) is 21.6 Å². The Morgan fingerprint density at radius 2 is 1.62 bits per heavy atom. The molecule has 4 heterocycles. The zero-order valence-corrected chi connectivity index (χ0v) is 35.0. The van der Waals surface area contributed by atoms with E-state index >= 15 is 0 Å². The number of nitrogens with one attached hydrogen (secondary N) is 4.